The summed E-state index contributed by atoms with van der Waals surface area (Å²) in [4.78, 5) is 16.6. The minimum atomic E-state index is -4.47. The molecule has 7 heteroatoms. The van der Waals surface area contributed by atoms with Gasteiger partial charge in [-0.05, 0) is 24.5 Å². The first-order valence-electron chi connectivity index (χ1n) is 6.38. The van der Waals surface area contributed by atoms with E-state index in [1.807, 2.05) is 0 Å². The highest BCUT2D eigenvalue weighted by Gasteiger charge is 2.34. The molecule has 0 spiro atoms. The lowest BCUT2D eigenvalue weighted by Crippen LogP contribution is -2.29. The summed E-state index contributed by atoms with van der Waals surface area (Å²) in [6, 6.07) is 1.88. The standard InChI is InChI=1S/C13H16F3N3O/c1-8(2)5-9-7-19(12(20)18-9)10-3-4-11(17-6-10)13(14,15)16/h3-4,6,8-9H,5,7H2,1-2H3,(H,18,20). The number of rotatable bonds is 3. The average Bonchev–Trinajstić information content (AvgIpc) is 2.68. The van der Waals surface area contributed by atoms with Crippen molar-refractivity contribution in [2.45, 2.75) is 32.5 Å². The van der Waals surface area contributed by atoms with Crippen LogP contribution in [0.15, 0.2) is 18.3 Å². The van der Waals surface area contributed by atoms with Crippen LogP contribution in [0.2, 0.25) is 0 Å². The molecule has 0 radical (unpaired) electrons. The third-order valence-electron chi connectivity index (χ3n) is 3.08. The van der Waals surface area contributed by atoms with Gasteiger partial charge in [-0.25, -0.2) is 9.78 Å². The van der Waals surface area contributed by atoms with E-state index in [9.17, 15) is 18.0 Å². The molecule has 2 amide bonds. The molecule has 0 bridgehead atoms. The Morgan fingerprint density at radius 2 is 2.15 bits per heavy atom. The second kappa shape index (κ2) is 5.30. The first kappa shape index (κ1) is 14.6. The molecule has 1 N–H and O–H groups in total. The van der Waals surface area contributed by atoms with E-state index in [4.69, 9.17) is 0 Å². The lowest BCUT2D eigenvalue weighted by molar-refractivity contribution is -0.141. The number of hydrogen-bond donors (Lipinski definition) is 1. The van der Waals surface area contributed by atoms with Gasteiger partial charge in [0, 0.05) is 12.6 Å². The monoisotopic (exact) mass is 287 g/mol. The predicted octanol–water partition coefficient (Wildman–Crippen LogP) is 3.04. The molecule has 1 aliphatic heterocycles. The smallest absolute Gasteiger partial charge is 0.333 e. The van der Waals surface area contributed by atoms with Gasteiger partial charge in [-0.2, -0.15) is 13.2 Å². The van der Waals surface area contributed by atoms with Crippen molar-refractivity contribution < 1.29 is 18.0 Å². The largest absolute Gasteiger partial charge is 0.433 e. The van der Waals surface area contributed by atoms with Crippen molar-refractivity contribution in [2.75, 3.05) is 11.4 Å². The van der Waals surface area contributed by atoms with E-state index >= 15 is 0 Å². The SMILES string of the molecule is CC(C)CC1CN(c2ccc(C(F)(F)F)nc2)C(=O)N1. The number of nitrogens with one attached hydrogen (secondary N) is 1. The van der Waals surface area contributed by atoms with Gasteiger partial charge in [0.2, 0.25) is 0 Å². The molecule has 1 unspecified atom stereocenters. The second-order valence-corrected chi connectivity index (χ2v) is 5.29. The van der Waals surface area contributed by atoms with Gasteiger partial charge in [0.25, 0.3) is 0 Å². The predicted molar refractivity (Wildman–Crippen MR) is 68.4 cm³/mol. The average molecular weight is 287 g/mol. The molecule has 1 atom stereocenters. The Morgan fingerprint density at radius 1 is 1.45 bits per heavy atom. The van der Waals surface area contributed by atoms with E-state index in [0.29, 0.717) is 18.2 Å². The molecule has 1 fully saturated rings. The van der Waals surface area contributed by atoms with E-state index in [-0.39, 0.29) is 12.1 Å². The number of halogens is 3. The van der Waals surface area contributed by atoms with Gasteiger partial charge in [-0.3, -0.25) is 4.90 Å². The van der Waals surface area contributed by atoms with E-state index in [2.05, 4.69) is 24.1 Å². The van der Waals surface area contributed by atoms with E-state index in [0.717, 1.165) is 18.7 Å². The number of anilines is 1. The number of aromatic nitrogens is 1. The van der Waals surface area contributed by atoms with Crippen LogP contribution in [0.5, 0.6) is 0 Å². The Morgan fingerprint density at radius 3 is 2.65 bits per heavy atom. The summed E-state index contributed by atoms with van der Waals surface area (Å²) in [5.41, 5.74) is -0.582. The quantitative estimate of drug-likeness (QED) is 0.928. The zero-order valence-electron chi connectivity index (χ0n) is 11.2. The Bertz CT molecular complexity index is 485. The van der Waals surface area contributed by atoms with Gasteiger partial charge in [0.05, 0.1) is 11.9 Å². The third-order valence-corrected chi connectivity index (χ3v) is 3.08. The van der Waals surface area contributed by atoms with Crippen molar-refractivity contribution in [1.29, 1.82) is 0 Å². The fourth-order valence-corrected chi connectivity index (χ4v) is 2.24. The molecule has 110 valence electrons. The summed E-state index contributed by atoms with van der Waals surface area (Å²) in [5.74, 6) is 0.436. The van der Waals surface area contributed by atoms with E-state index in [1.54, 1.807) is 0 Å². The first-order chi connectivity index (χ1) is 9.27. The van der Waals surface area contributed by atoms with Crippen LogP contribution < -0.4 is 10.2 Å². The molecule has 4 nitrogen and oxygen atoms in total. The fourth-order valence-electron chi connectivity index (χ4n) is 2.24. The van der Waals surface area contributed by atoms with Gasteiger partial charge in [-0.1, -0.05) is 13.8 Å². The summed E-state index contributed by atoms with van der Waals surface area (Å²) in [6.45, 7) is 4.55. The molecule has 2 rings (SSSR count). The van der Waals surface area contributed by atoms with Gasteiger partial charge in [0.1, 0.15) is 5.69 Å². The van der Waals surface area contributed by atoms with Gasteiger partial charge in [-0.15, -0.1) is 0 Å². The van der Waals surface area contributed by atoms with Crippen LogP contribution >= 0.6 is 0 Å². The number of carbonyl (C=O) groups excluding carboxylic acids is 1. The van der Waals surface area contributed by atoms with Crippen LogP contribution in [-0.2, 0) is 6.18 Å². The van der Waals surface area contributed by atoms with E-state index < -0.39 is 11.9 Å². The minimum absolute atomic E-state index is 0.0183. The first-order valence-corrected chi connectivity index (χ1v) is 6.38. The maximum absolute atomic E-state index is 12.4. The van der Waals surface area contributed by atoms with Gasteiger partial charge < -0.3 is 5.32 Å². The lowest BCUT2D eigenvalue weighted by atomic mass is 10.0. The topological polar surface area (TPSA) is 45.2 Å². The number of nitrogens with zero attached hydrogens (tertiary/aromatic N) is 2. The molecule has 2 heterocycles. The highest BCUT2D eigenvalue weighted by atomic mass is 19.4. The molecular formula is C13H16F3N3O. The van der Waals surface area contributed by atoms with E-state index in [1.165, 1.54) is 11.0 Å². The Labute approximate surface area is 115 Å². The summed E-state index contributed by atoms with van der Waals surface area (Å²) < 4.78 is 37.3. The Balaban J connectivity index is 2.10. The minimum Gasteiger partial charge on any atom is -0.333 e. The molecular weight excluding hydrogens is 271 g/mol. The summed E-state index contributed by atoms with van der Waals surface area (Å²) in [6.07, 6.45) is -2.55. The summed E-state index contributed by atoms with van der Waals surface area (Å²) in [5, 5.41) is 2.82. The number of carbonyl (C=O) groups is 1. The Kier molecular flexibility index (Phi) is 3.87. The summed E-state index contributed by atoms with van der Waals surface area (Å²) in [7, 11) is 0. The maximum atomic E-state index is 12.4. The van der Waals surface area contributed by atoms with Crippen LogP contribution in [0.3, 0.4) is 0 Å². The van der Waals surface area contributed by atoms with Crippen molar-refractivity contribution in [1.82, 2.24) is 10.3 Å². The number of hydrogen-bond acceptors (Lipinski definition) is 2. The van der Waals surface area contributed by atoms with Crippen molar-refractivity contribution in [3.63, 3.8) is 0 Å². The molecule has 0 aromatic carbocycles. The molecule has 1 aliphatic rings. The van der Waals surface area contributed by atoms with Crippen molar-refractivity contribution in [3.05, 3.63) is 24.0 Å². The molecule has 1 aromatic heterocycles. The normalized spacial score (nSPS) is 19.6. The van der Waals surface area contributed by atoms with Gasteiger partial charge in [0.15, 0.2) is 0 Å². The number of alkyl halides is 3. The van der Waals surface area contributed by atoms with Crippen molar-refractivity contribution in [3.8, 4) is 0 Å². The van der Waals surface area contributed by atoms with Crippen LogP contribution in [-0.4, -0.2) is 23.6 Å². The number of pyridine rings is 1. The molecule has 0 aliphatic carbocycles. The van der Waals surface area contributed by atoms with Crippen molar-refractivity contribution in [2.24, 2.45) is 5.92 Å². The third kappa shape index (κ3) is 3.20. The molecule has 1 aromatic rings. The highest BCUT2D eigenvalue weighted by molar-refractivity contribution is 5.94. The zero-order valence-corrected chi connectivity index (χ0v) is 11.2. The molecule has 20 heavy (non-hydrogen) atoms. The van der Waals surface area contributed by atoms with Gasteiger partial charge >= 0.3 is 12.2 Å². The molecule has 0 saturated carbocycles. The zero-order chi connectivity index (χ0) is 14.9. The van der Waals surface area contributed by atoms with Crippen LogP contribution in [0.1, 0.15) is 26.0 Å². The van der Waals surface area contributed by atoms with Crippen LogP contribution in [0, 0.1) is 5.92 Å². The van der Waals surface area contributed by atoms with Crippen LogP contribution in [0.25, 0.3) is 0 Å². The number of amides is 2. The summed E-state index contributed by atoms with van der Waals surface area (Å²) >= 11 is 0. The fraction of sp³-hybridized carbons (Fsp3) is 0.538. The number of urea groups is 1. The van der Waals surface area contributed by atoms with Crippen LogP contribution in [0.4, 0.5) is 23.7 Å². The highest BCUT2D eigenvalue weighted by Crippen LogP contribution is 2.29. The van der Waals surface area contributed by atoms with Crippen molar-refractivity contribution >= 4 is 11.7 Å². The molecule has 1 saturated heterocycles. The maximum Gasteiger partial charge on any atom is 0.433 e. The lowest BCUT2D eigenvalue weighted by Gasteiger charge is -2.15. The Hall–Kier alpha value is -1.79. The second-order valence-electron chi connectivity index (χ2n) is 5.29.